The molecule has 0 atom stereocenters. The van der Waals surface area contributed by atoms with Gasteiger partial charge in [0.1, 0.15) is 23.6 Å². The summed E-state index contributed by atoms with van der Waals surface area (Å²) in [6.07, 6.45) is 1.78. The Labute approximate surface area is 133 Å². The van der Waals surface area contributed by atoms with Gasteiger partial charge in [-0.15, -0.1) is 0 Å². The molecule has 0 fully saturated rings. The van der Waals surface area contributed by atoms with Gasteiger partial charge in [-0.1, -0.05) is 6.07 Å². The SMILES string of the molecule is CC(C)(C)n1nc(Cc2ccc(O)cc2O)c2c(N)ncnc21. The summed E-state index contributed by atoms with van der Waals surface area (Å²) in [5.74, 6) is 0.386. The van der Waals surface area contributed by atoms with E-state index in [9.17, 15) is 10.2 Å². The maximum atomic E-state index is 10.0. The first-order valence-corrected chi connectivity index (χ1v) is 7.27. The minimum atomic E-state index is -0.270. The zero-order chi connectivity index (χ0) is 16.8. The fourth-order valence-electron chi connectivity index (χ4n) is 2.52. The lowest BCUT2D eigenvalue weighted by molar-refractivity contribution is 0.363. The highest BCUT2D eigenvalue weighted by Gasteiger charge is 2.23. The summed E-state index contributed by atoms with van der Waals surface area (Å²) in [6.45, 7) is 6.08. The molecule has 0 aliphatic carbocycles. The Kier molecular flexibility index (Phi) is 3.35. The third-order valence-corrected chi connectivity index (χ3v) is 3.63. The second-order valence-electron chi connectivity index (χ2n) is 6.48. The lowest BCUT2D eigenvalue weighted by Crippen LogP contribution is -2.23. The fraction of sp³-hybridized carbons (Fsp3) is 0.312. The van der Waals surface area contributed by atoms with Crippen molar-refractivity contribution in [3.63, 3.8) is 0 Å². The molecule has 2 heterocycles. The largest absolute Gasteiger partial charge is 0.508 e. The van der Waals surface area contributed by atoms with Crippen LogP contribution in [0.15, 0.2) is 24.5 Å². The lowest BCUT2D eigenvalue weighted by atomic mass is 10.1. The molecule has 0 spiro atoms. The van der Waals surface area contributed by atoms with E-state index in [4.69, 9.17) is 5.73 Å². The zero-order valence-corrected chi connectivity index (χ0v) is 13.3. The molecular formula is C16H19N5O2. The van der Waals surface area contributed by atoms with Crippen LogP contribution in [0.1, 0.15) is 32.0 Å². The molecule has 2 aromatic heterocycles. The van der Waals surface area contributed by atoms with Crippen molar-refractivity contribution in [2.75, 3.05) is 5.73 Å². The van der Waals surface area contributed by atoms with E-state index in [1.807, 2.05) is 25.5 Å². The van der Waals surface area contributed by atoms with Gasteiger partial charge in [0.15, 0.2) is 5.65 Å². The Morgan fingerprint density at radius 2 is 1.91 bits per heavy atom. The van der Waals surface area contributed by atoms with Gasteiger partial charge in [-0.25, -0.2) is 14.6 Å². The van der Waals surface area contributed by atoms with Crippen molar-refractivity contribution in [2.24, 2.45) is 0 Å². The van der Waals surface area contributed by atoms with Gasteiger partial charge < -0.3 is 15.9 Å². The molecule has 7 nitrogen and oxygen atoms in total. The lowest BCUT2D eigenvalue weighted by Gasteiger charge is -2.19. The Morgan fingerprint density at radius 1 is 1.17 bits per heavy atom. The minimum absolute atomic E-state index is 0.0129. The first kappa shape index (κ1) is 15.1. The van der Waals surface area contributed by atoms with Gasteiger partial charge in [-0.2, -0.15) is 5.10 Å². The summed E-state index contributed by atoms with van der Waals surface area (Å²) in [7, 11) is 0. The van der Waals surface area contributed by atoms with Crippen LogP contribution in [0.25, 0.3) is 11.0 Å². The first-order chi connectivity index (χ1) is 10.8. The van der Waals surface area contributed by atoms with Gasteiger partial charge in [0, 0.05) is 18.1 Å². The number of benzene rings is 1. The molecular weight excluding hydrogens is 294 g/mol. The molecule has 0 radical (unpaired) electrons. The van der Waals surface area contributed by atoms with Crippen molar-refractivity contribution in [1.29, 1.82) is 0 Å². The Morgan fingerprint density at radius 3 is 2.57 bits per heavy atom. The van der Waals surface area contributed by atoms with Crippen molar-refractivity contribution in [2.45, 2.75) is 32.7 Å². The van der Waals surface area contributed by atoms with Crippen molar-refractivity contribution < 1.29 is 10.2 Å². The predicted octanol–water partition coefficient (Wildman–Crippen LogP) is 2.17. The maximum Gasteiger partial charge on any atom is 0.164 e. The molecule has 4 N–H and O–H groups in total. The van der Waals surface area contributed by atoms with Crippen LogP contribution in [-0.4, -0.2) is 30.0 Å². The van der Waals surface area contributed by atoms with Crippen molar-refractivity contribution in [1.82, 2.24) is 19.7 Å². The van der Waals surface area contributed by atoms with Crippen LogP contribution in [0.2, 0.25) is 0 Å². The van der Waals surface area contributed by atoms with Gasteiger partial charge in [0.2, 0.25) is 0 Å². The molecule has 0 aliphatic rings. The van der Waals surface area contributed by atoms with E-state index in [2.05, 4.69) is 15.1 Å². The summed E-state index contributed by atoms with van der Waals surface area (Å²) in [4.78, 5) is 8.37. The standard InChI is InChI=1S/C16H19N5O2/c1-16(2,3)21-15-13(14(17)18-8-19-15)11(20-21)6-9-4-5-10(22)7-12(9)23/h4-5,7-8,22-23H,6H2,1-3H3,(H2,17,18,19). The second-order valence-corrected chi connectivity index (χ2v) is 6.48. The van der Waals surface area contributed by atoms with E-state index in [1.54, 1.807) is 6.07 Å². The molecule has 3 rings (SSSR count). The van der Waals surface area contributed by atoms with Crippen LogP contribution in [0.4, 0.5) is 5.82 Å². The number of nitrogens with zero attached hydrogens (tertiary/aromatic N) is 4. The topological polar surface area (TPSA) is 110 Å². The van der Waals surface area contributed by atoms with Gasteiger partial charge >= 0.3 is 0 Å². The molecule has 23 heavy (non-hydrogen) atoms. The number of nitrogen functional groups attached to an aromatic ring is 1. The van der Waals surface area contributed by atoms with Crippen LogP contribution in [-0.2, 0) is 12.0 Å². The fourth-order valence-corrected chi connectivity index (χ4v) is 2.52. The molecule has 0 aliphatic heterocycles. The van der Waals surface area contributed by atoms with Gasteiger partial charge in [0.05, 0.1) is 16.6 Å². The molecule has 3 aromatic rings. The maximum absolute atomic E-state index is 10.0. The van der Waals surface area contributed by atoms with Crippen LogP contribution in [0, 0.1) is 0 Å². The number of phenolic OH excluding ortho intramolecular Hbond substituents is 2. The molecule has 0 saturated heterocycles. The average molecular weight is 313 g/mol. The monoisotopic (exact) mass is 313 g/mol. The number of fused-ring (bicyclic) bond motifs is 1. The summed E-state index contributed by atoms with van der Waals surface area (Å²) < 4.78 is 1.81. The van der Waals surface area contributed by atoms with Crippen LogP contribution in [0.5, 0.6) is 11.5 Å². The van der Waals surface area contributed by atoms with E-state index in [-0.39, 0.29) is 17.0 Å². The van der Waals surface area contributed by atoms with E-state index < -0.39 is 0 Å². The summed E-state index contributed by atoms with van der Waals surface area (Å²) in [5.41, 5.74) is 7.75. The van der Waals surface area contributed by atoms with Crippen molar-refractivity contribution in [3.05, 3.63) is 35.8 Å². The minimum Gasteiger partial charge on any atom is -0.508 e. The average Bonchev–Trinajstić information content (AvgIpc) is 2.82. The van der Waals surface area contributed by atoms with E-state index >= 15 is 0 Å². The highest BCUT2D eigenvalue weighted by atomic mass is 16.3. The summed E-state index contributed by atoms with van der Waals surface area (Å²) in [5, 5.41) is 24.7. The van der Waals surface area contributed by atoms with Gasteiger partial charge in [-0.05, 0) is 26.8 Å². The third-order valence-electron chi connectivity index (χ3n) is 3.63. The van der Waals surface area contributed by atoms with Crippen LogP contribution < -0.4 is 5.73 Å². The molecule has 0 amide bonds. The quantitative estimate of drug-likeness (QED) is 0.669. The number of anilines is 1. The highest BCUT2D eigenvalue weighted by Crippen LogP contribution is 2.30. The Bertz CT molecular complexity index is 880. The molecule has 0 saturated carbocycles. The second kappa shape index (κ2) is 5.12. The number of aromatic hydroxyl groups is 2. The van der Waals surface area contributed by atoms with E-state index in [0.29, 0.717) is 34.5 Å². The Hall–Kier alpha value is -2.83. The molecule has 120 valence electrons. The van der Waals surface area contributed by atoms with Crippen molar-refractivity contribution >= 4 is 16.9 Å². The smallest absolute Gasteiger partial charge is 0.164 e. The van der Waals surface area contributed by atoms with Crippen molar-refractivity contribution in [3.8, 4) is 11.5 Å². The number of hydrogen-bond donors (Lipinski definition) is 3. The number of hydrogen-bond acceptors (Lipinski definition) is 6. The first-order valence-electron chi connectivity index (χ1n) is 7.27. The molecule has 7 heteroatoms. The molecule has 0 bridgehead atoms. The summed E-state index contributed by atoms with van der Waals surface area (Å²) in [6, 6.07) is 4.49. The molecule has 0 unspecified atom stereocenters. The number of nitrogens with two attached hydrogens (primary N) is 1. The summed E-state index contributed by atoms with van der Waals surface area (Å²) >= 11 is 0. The van der Waals surface area contributed by atoms with Gasteiger partial charge in [0.25, 0.3) is 0 Å². The third kappa shape index (κ3) is 2.65. The zero-order valence-electron chi connectivity index (χ0n) is 13.3. The van der Waals surface area contributed by atoms with E-state index in [1.165, 1.54) is 18.5 Å². The Balaban J connectivity index is 2.18. The van der Waals surface area contributed by atoms with E-state index in [0.717, 1.165) is 0 Å². The molecule has 1 aromatic carbocycles. The predicted molar refractivity (Wildman–Crippen MR) is 87.3 cm³/mol. The van der Waals surface area contributed by atoms with Crippen LogP contribution in [0.3, 0.4) is 0 Å². The highest BCUT2D eigenvalue weighted by molar-refractivity contribution is 5.88. The van der Waals surface area contributed by atoms with Gasteiger partial charge in [-0.3, -0.25) is 0 Å². The number of aromatic nitrogens is 4. The number of phenols is 2. The van der Waals surface area contributed by atoms with Crippen LogP contribution >= 0.6 is 0 Å². The normalized spacial score (nSPS) is 12.0. The number of rotatable bonds is 2.